The van der Waals surface area contributed by atoms with E-state index >= 15 is 0 Å². The van der Waals surface area contributed by atoms with E-state index in [-0.39, 0.29) is 6.03 Å². The lowest BCUT2D eigenvalue weighted by molar-refractivity contribution is 0.252. The second-order valence-electron chi connectivity index (χ2n) is 7.62. The van der Waals surface area contributed by atoms with Gasteiger partial charge in [0.25, 0.3) is 0 Å². The summed E-state index contributed by atoms with van der Waals surface area (Å²) < 4.78 is 2.57. The number of aryl methyl sites for hydroxylation is 1. The van der Waals surface area contributed by atoms with Crippen LogP contribution in [0.25, 0.3) is 16.9 Å². The van der Waals surface area contributed by atoms with E-state index in [1.165, 1.54) is 0 Å². The van der Waals surface area contributed by atoms with Gasteiger partial charge in [0, 0.05) is 35.4 Å². The van der Waals surface area contributed by atoms with Crippen molar-refractivity contribution in [1.29, 1.82) is 0 Å². The Bertz CT molecular complexity index is 1260. The Morgan fingerprint density at radius 1 is 1.09 bits per heavy atom. The van der Waals surface area contributed by atoms with Crippen LogP contribution in [0.4, 0.5) is 16.3 Å². The van der Waals surface area contributed by atoms with E-state index in [9.17, 15) is 4.79 Å². The van der Waals surface area contributed by atoms with Crippen LogP contribution < -0.4 is 16.0 Å². The molecule has 0 aliphatic heterocycles. The Balaban J connectivity index is 1.31. The molecule has 2 heterocycles. The molecule has 0 saturated heterocycles. The highest BCUT2D eigenvalue weighted by Crippen LogP contribution is 2.30. The number of benzene rings is 2. The lowest BCUT2D eigenvalue weighted by Crippen LogP contribution is -2.29. The molecule has 2 amide bonds. The number of carbonyl (C=O) groups is 1. The van der Waals surface area contributed by atoms with Crippen molar-refractivity contribution in [2.24, 2.45) is 0 Å². The number of aromatic nitrogens is 3. The van der Waals surface area contributed by atoms with Crippen LogP contribution in [0.1, 0.15) is 18.4 Å². The lowest BCUT2D eigenvalue weighted by atomic mass is 10.1. The molecule has 0 spiro atoms. The predicted octanol–water partition coefficient (Wildman–Crippen LogP) is 6.13. The van der Waals surface area contributed by atoms with E-state index in [4.69, 9.17) is 16.6 Å². The van der Waals surface area contributed by atoms with E-state index in [1.807, 2.05) is 61.5 Å². The Morgan fingerprint density at radius 2 is 1.85 bits per heavy atom. The number of urea groups is 1. The van der Waals surface area contributed by atoms with Crippen molar-refractivity contribution >= 4 is 50.7 Å². The molecule has 2 aromatic carbocycles. The second kappa shape index (κ2) is 10.7. The van der Waals surface area contributed by atoms with E-state index in [1.54, 1.807) is 10.7 Å². The fraction of sp³-hybridized carbons (Fsp3) is 0.208. The summed E-state index contributed by atoms with van der Waals surface area (Å²) in [6, 6.07) is 17.1. The topological polar surface area (TPSA) is 83.4 Å². The van der Waals surface area contributed by atoms with Crippen LogP contribution in [0.5, 0.6) is 0 Å². The number of carbonyl (C=O) groups excluding carboxylic acids is 1. The molecule has 4 rings (SSSR count). The number of rotatable bonds is 8. The first-order valence-electron chi connectivity index (χ1n) is 10.7. The van der Waals surface area contributed by atoms with Gasteiger partial charge in [0.2, 0.25) is 0 Å². The van der Waals surface area contributed by atoms with E-state index in [2.05, 4.69) is 37.0 Å². The predicted molar refractivity (Wildman–Crippen MR) is 137 cm³/mol. The fourth-order valence-electron chi connectivity index (χ4n) is 3.35. The average Bonchev–Trinajstić information content (AvgIpc) is 3.18. The molecule has 170 valence electrons. The molecule has 0 saturated carbocycles. The van der Waals surface area contributed by atoms with Crippen LogP contribution in [-0.4, -0.2) is 33.7 Å². The minimum atomic E-state index is -0.201. The van der Waals surface area contributed by atoms with Gasteiger partial charge in [-0.1, -0.05) is 47.5 Å². The Kier molecular flexibility index (Phi) is 7.47. The quantitative estimate of drug-likeness (QED) is 0.241. The van der Waals surface area contributed by atoms with Crippen molar-refractivity contribution in [3.63, 3.8) is 0 Å². The van der Waals surface area contributed by atoms with Crippen molar-refractivity contribution in [2.75, 3.05) is 23.7 Å². The van der Waals surface area contributed by atoms with Crippen molar-refractivity contribution in [3.8, 4) is 11.3 Å². The molecule has 0 bridgehead atoms. The molecule has 4 aromatic rings. The standard InChI is InChI=1S/C24H24BrClN6O/c1-16-8-10-17(11-9-16)30-24(33)28-13-5-4-12-27-22-14-21(18-6-2-3-7-20(18)26)31-23-19(25)15-29-32(22)23/h2-3,6-11,14-15,27H,4-5,12-13H2,1H3,(H2,28,30,33). The SMILES string of the molecule is Cc1ccc(NC(=O)NCCCCNc2cc(-c3ccccc3Cl)nc3c(Br)cnn23)cc1. The molecule has 0 unspecified atom stereocenters. The number of fused-ring (bicyclic) bond motifs is 1. The molecular weight excluding hydrogens is 504 g/mol. The van der Waals surface area contributed by atoms with E-state index in [0.717, 1.165) is 52.2 Å². The fourth-order valence-corrected chi connectivity index (χ4v) is 3.93. The van der Waals surface area contributed by atoms with Gasteiger partial charge < -0.3 is 16.0 Å². The summed E-state index contributed by atoms with van der Waals surface area (Å²) >= 11 is 9.90. The highest BCUT2D eigenvalue weighted by molar-refractivity contribution is 9.10. The normalized spacial score (nSPS) is 10.9. The van der Waals surface area contributed by atoms with Gasteiger partial charge in [-0.15, -0.1) is 0 Å². The van der Waals surface area contributed by atoms with E-state index < -0.39 is 0 Å². The van der Waals surface area contributed by atoms with Gasteiger partial charge in [0.1, 0.15) is 5.82 Å². The molecule has 0 aliphatic carbocycles. The first kappa shape index (κ1) is 23.1. The third-order valence-electron chi connectivity index (χ3n) is 5.08. The van der Waals surface area contributed by atoms with Gasteiger partial charge in [0.05, 0.1) is 16.4 Å². The highest BCUT2D eigenvalue weighted by Gasteiger charge is 2.13. The number of nitrogens with zero attached hydrogens (tertiary/aromatic N) is 3. The number of anilines is 2. The summed E-state index contributed by atoms with van der Waals surface area (Å²) in [5, 5.41) is 14.2. The maximum absolute atomic E-state index is 12.0. The first-order chi connectivity index (χ1) is 16.0. The van der Waals surface area contributed by atoms with Crippen molar-refractivity contribution < 1.29 is 4.79 Å². The van der Waals surface area contributed by atoms with Crippen molar-refractivity contribution in [2.45, 2.75) is 19.8 Å². The molecule has 0 radical (unpaired) electrons. The number of hydrogen-bond acceptors (Lipinski definition) is 4. The molecular formula is C24H24BrClN6O. The second-order valence-corrected chi connectivity index (χ2v) is 8.88. The Morgan fingerprint density at radius 3 is 2.64 bits per heavy atom. The molecule has 2 aromatic heterocycles. The molecule has 7 nitrogen and oxygen atoms in total. The van der Waals surface area contributed by atoms with Crippen LogP contribution >= 0.6 is 27.5 Å². The zero-order chi connectivity index (χ0) is 23.2. The largest absolute Gasteiger partial charge is 0.370 e. The summed E-state index contributed by atoms with van der Waals surface area (Å²) in [4.78, 5) is 16.7. The van der Waals surface area contributed by atoms with Gasteiger partial charge in [-0.25, -0.2) is 9.78 Å². The Labute approximate surface area is 205 Å². The maximum Gasteiger partial charge on any atom is 0.319 e. The van der Waals surface area contributed by atoms with Crippen LogP contribution in [0, 0.1) is 6.92 Å². The molecule has 33 heavy (non-hydrogen) atoms. The number of hydrogen-bond donors (Lipinski definition) is 3. The van der Waals surface area contributed by atoms with Gasteiger partial charge in [-0.3, -0.25) is 0 Å². The monoisotopic (exact) mass is 526 g/mol. The first-order valence-corrected chi connectivity index (χ1v) is 11.8. The van der Waals surface area contributed by atoms with Gasteiger partial charge in [-0.05, 0) is 53.9 Å². The van der Waals surface area contributed by atoms with Crippen LogP contribution in [0.2, 0.25) is 5.02 Å². The van der Waals surface area contributed by atoms with Gasteiger partial charge in [-0.2, -0.15) is 9.61 Å². The summed E-state index contributed by atoms with van der Waals surface area (Å²) in [5.41, 5.74) is 4.28. The number of halogens is 2. The smallest absolute Gasteiger partial charge is 0.319 e. The third kappa shape index (κ3) is 5.83. The van der Waals surface area contributed by atoms with Crippen molar-refractivity contribution in [1.82, 2.24) is 19.9 Å². The summed E-state index contributed by atoms with van der Waals surface area (Å²) in [7, 11) is 0. The van der Waals surface area contributed by atoms with E-state index in [0.29, 0.717) is 17.2 Å². The number of unbranched alkanes of at least 4 members (excludes halogenated alkanes) is 1. The van der Waals surface area contributed by atoms with Gasteiger partial charge in [0.15, 0.2) is 5.65 Å². The van der Waals surface area contributed by atoms with Crippen LogP contribution in [-0.2, 0) is 0 Å². The van der Waals surface area contributed by atoms with Crippen LogP contribution in [0.15, 0.2) is 65.3 Å². The molecule has 3 N–H and O–H groups in total. The minimum absolute atomic E-state index is 0.201. The summed E-state index contributed by atoms with van der Waals surface area (Å²) in [6.45, 7) is 3.32. The van der Waals surface area contributed by atoms with Crippen LogP contribution in [0.3, 0.4) is 0 Å². The number of amides is 2. The molecule has 0 fully saturated rings. The third-order valence-corrected chi connectivity index (χ3v) is 5.97. The zero-order valence-electron chi connectivity index (χ0n) is 18.1. The summed E-state index contributed by atoms with van der Waals surface area (Å²) in [6.07, 6.45) is 3.43. The molecule has 0 aliphatic rings. The average molecular weight is 528 g/mol. The van der Waals surface area contributed by atoms with Gasteiger partial charge >= 0.3 is 6.03 Å². The number of nitrogens with one attached hydrogen (secondary N) is 3. The minimum Gasteiger partial charge on any atom is -0.370 e. The highest BCUT2D eigenvalue weighted by atomic mass is 79.9. The molecule has 9 heteroatoms. The zero-order valence-corrected chi connectivity index (χ0v) is 20.4. The summed E-state index contributed by atoms with van der Waals surface area (Å²) in [5.74, 6) is 0.825. The maximum atomic E-state index is 12.0. The molecule has 0 atom stereocenters. The van der Waals surface area contributed by atoms with Crippen molar-refractivity contribution in [3.05, 3.63) is 75.9 Å². The lowest BCUT2D eigenvalue weighted by Gasteiger charge is -2.12. The Hall–Kier alpha value is -3.10.